The highest BCUT2D eigenvalue weighted by atomic mass is 15.1. The molecule has 0 saturated heterocycles. The van der Waals surface area contributed by atoms with Crippen molar-refractivity contribution in [3.8, 4) is 28.5 Å². The molecule has 14 aromatic rings. The van der Waals surface area contributed by atoms with Gasteiger partial charge in [-0.1, -0.05) is 158 Å². The molecule has 0 fully saturated rings. The molecule has 0 unspecified atom stereocenters. The predicted octanol–water partition coefficient (Wildman–Crippen LogP) is 14.9. The molecule has 4 aromatic heterocycles. The SMILES string of the molecule is c1ccc(-n2c3ccccc3c3c(-c4nc5ccccc5nc4-n4c5ccccc5c5c(-n6c7ccccc7c7ccc8ccccc8c76)c6ccccc6cc54)cccc32)cc1. The summed E-state index contributed by atoms with van der Waals surface area (Å²) in [5.74, 6) is 0.790. The summed E-state index contributed by atoms with van der Waals surface area (Å²) >= 11 is 0. The van der Waals surface area contributed by atoms with Crippen LogP contribution in [0.5, 0.6) is 0 Å². The number of hydrogen-bond donors (Lipinski definition) is 0. The normalized spacial score (nSPS) is 12.1. The highest BCUT2D eigenvalue weighted by molar-refractivity contribution is 6.25. The zero-order chi connectivity index (χ0) is 41.2. The van der Waals surface area contributed by atoms with Gasteiger partial charge in [-0.2, -0.15) is 0 Å². The van der Waals surface area contributed by atoms with E-state index in [9.17, 15) is 0 Å². The van der Waals surface area contributed by atoms with Crippen LogP contribution in [0.3, 0.4) is 0 Å². The van der Waals surface area contributed by atoms with E-state index < -0.39 is 0 Å². The van der Waals surface area contributed by atoms with Crippen molar-refractivity contribution >= 4 is 98.0 Å². The zero-order valence-corrected chi connectivity index (χ0v) is 33.9. The molecule has 0 amide bonds. The molecule has 5 heteroatoms. The first-order chi connectivity index (χ1) is 31.3. The van der Waals surface area contributed by atoms with Crippen LogP contribution in [-0.2, 0) is 0 Å². The summed E-state index contributed by atoms with van der Waals surface area (Å²) in [5, 5.41) is 11.9. The van der Waals surface area contributed by atoms with Gasteiger partial charge in [0.25, 0.3) is 0 Å². The van der Waals surface area contributed by atoms with Crippen LogP contribution in [0.2, 0.25) is 0 Å². The van der Waals surface area contributed by atoms with Crippen molar-refractivity contribution in [1.82, 2.24) is 23.7 Å². The fourth-order valence-corrected chi connectivity index (χ4v) is 10.6. The molecule has 0 aliphatic heterocycles. The molecule has 0 radical (unpaired) electrons. The topological polar surface area (TPSA) is 40.6 Å². The fourth-order valence-electron chi connectivity index (χ4n) is 10.6. The lowest BCUT2D eigenvalue weighted by molar-refractivity contribution is 1.08. The number of para-hydroxylation sites is 6. The van der Waals surface area contributed by atoms with Crippen molar-refractivity contribution in [3.63, 3.8) is 0 Å². The van der Waals surface area contributed by atoms with E-state index in [1.807, 2.05) is 0 Å². The lowest BCUT2D eigenvalue weighted by atomic mass is 10.0. The fraction of sp³-hybridized carbons (Fsp3) is 0. The molecule has 5 nitrogen and oxygen atoms in total. The van der Waals surface area contributed by atoms with Gasteiger partial charge in [0.15, 0.2) is 5.82 Å². The molecular weight excluding hydrogens is 767 g/mol. The van der Waals surface area contributed by atoms with Gasteiger partial charge in [-0.05, 0) is 65.4 Å². The van der Waals surface area contributed by atoms with E-state index in [0.717, 1.165) is 77.7 Å². The standard InChI is InChI=1S/C58H35N5/c1-2-19-38(20-3-1)61-49-30-14-9-24-43(49)53-45(26-16-32-51(53)61)55-58(60-47-28-12-11-27-46(47)59-55)62-50-31-15-10-25-44(50)54-52(62)35-37-18-5-7-22-40(37)57(54)63-48-29-13-8-23-41(48)42-34-33-36-17-4-6-21-39(36)56(42)63/h1-35H. The molecule has 0 N–H and O–H groups in total. The number of rotatable bonds is 4. The minimum Gasteiger partial charge on any atom is -0.309 e. The van der Waals surface area contributed by atoms with Gasteiger partial charge < -0.3 is 9.13 Å². The van der Waals surface area contributed by atoms with Crippen LogP contribution in [-0.4, -0.2) is 23.7 Å². The number of fused-ring (bicyclic) bond motifs is 13. The third kappa shape index (κ3) is 4.76. The van der Waals surface area contributed by atoms with Gasteiger partial charge in [0.1, 0.15) is 5.69 Å². The Hall–Kier alpha value is -8.54. The van der Waals surface area contributed by atoms with Crippen molar-refractivity contribution < 1.29 is 0 Å². The lowest BCUT2D eigenvalue weighted by Gasteiger charge is -2.17. The third-order valence-corrected chi connectivity index (χ3v) is 13.2. The molecule has 0 aliphatic carbocycles. The maximum atomic E-state index is 5.65. The Morgan fingerprint density at radius 2 is 0.889 bits per heavy atom. The minimum absolute atomic E-state index is 0.790. The second-order valence-corrected chi connectivity index (χ2v) is 16.5. The summed E-state index contributed by atoms with van der Waals surface area (Å²) in [5.41, 5.74) is 12.6. The average molecular weight is 802 g/mol. The number of nitrogens with zero attached hydrogens (tertiary/aromatic N) is 5. The Balaban J connectivity index is 1.17. The smallest absolute Gasteiger partial charge is 0.165 e. The Morgan fingerprint density at radius 1 is 0.317 bits per heavy atom. The van der Waals surface area contributed by atoms with Crippen LogP contribution in [0.4, 0.5) is 0 Å². The van der Waals surface area contributed by atoms with Gasteiger partial charge in [0.05, 0.1) is 49.8 Å². The highest BCUT2D eigenvalue weighted by Gasteiger charge is 2.27. The molecule has 0 aliphatic rings. The van der Waals surface area contributed by atoms with E-state index in [1.165, 1.54) is 48.7 Å². The van der Waals surface area contributed by atoms with Gasteiger partial charge in [0.2, 0.25) is 0 Å². The number of benzene rings is 10. The van der Waals surface area contributed by atoms with E-state index in [1.54, 1.807) is 0 Å². The number of aromatic nitrogens is 5. The maximum Gasteiger partial charge on any atom is 0.165 e. The molecule has 63 heavy (non-hydrogen) atoms. The van der Waals surface area contributed by atoms with Gasteiger partial charge in [0, 0.05) is 54.3 Å². The van der Waals surface area contributed by atoms with Gasteiger partial charge in [-0.25, -0.2) is 9.97 Å². The lowest BCUT2D eigenvalue weighted by Crippen LogP contribution is -2.04. The first-order valence-corrected chi connectivity index (χ1v) is 21.5. The summed E-state index contributed by atoms with van der Waals surface area (Å²) in [7, 11) is 0. The largest absolute Gasteiger partial charge is 0.309 e. The van der Waals surface area contributed by atoms with E-state index in [2.05, 4.69) is 226 Å². The molecule has 10 aromatic carbocycles. The quantitative estimate of drug-likeness (QED) is 0.178. The van der Waals surface area contributed by atoms with E-state index in [4.69, 9.17) is 9.97 Å². The van der Waals surface area contributed by atoms with Crippen molar-refractivity contribution in [1.29, 1.82) is 0 Å². The number of hydrogen-bond acceptors (Lipinski definition) is 2. The molecular formula is C58H35N5. The van der Waals surface area contributed by atoms with Crippen molar-refractivity contribution in [2.75, 3.05) is 0 Å². The van der Waals surface area contributed by atoms with Crippen LogP contribution >= 0.6 is 0 Å². The van der Waals surface area contributed by atoms with Gasteiger partial charge in [-0.15, -0.1) is 0 Å². The Kier molecular flexibility index (Phi) is 7.05. The summed E-state index contributed by atoms with van der Waals surface area (Å²) in [6.45, 7) is 0. The van der Waals surface area contributed by atoms with Gasteiger partial charge >= 0.3 is 0 Å². The molecule has 0 spiro atoms. The Morgan fingerprint density at radius 3 is 1.67 bits per heavy atom. The Labute approximate surface area is 360 Å². The average Bonchev–Trinajstić information content (AvgIpc) is 3.99. The second-order valence-electron chi connectivity index (χ2n) is 16.5. The van der Waals surface area contributed by atoms with Gasteiger partial charge in [-0.3, -0.25) is 4.57 Å². The van der Waals surface area contributed by atoms with Crippen LogP contribution in [0.1, 0.15) is 0 Å². The van der Waals surface area contributed by atoms with Crippen molar-refractivity contribution in [2.24, 2.45) is 0 Å². The van der Waals surface area contributed by atoms with Crippen LogP contribution in [0.15, 0.2) is 212 Å². The minimum atomic E-state index is 0.790. The van der Waals surface area contributed by atoms with E-state index in [0.29, 0.717) is 0 Å². The van der Waals surface area contributed by atoms with Crippen LogP contribution < -0.4 is 0 Å². The van der Waals surface area contributed by atoms with Crippen LogP contribution in [0, 0.1) is 0 Å². The summed E-state index contributed by atoms with van der Waals surface area (Å²) in [4.78, 5) is 11.3. The maximum absolute atomic E-state index is 5.65. The third-order valence-electron chi connectivity index (χ3n) is 13.2. The molecule has 0 atom stereocenters. The second kappa shape index (κ2) is 13.0. The summed E-state index contributed by atoms with van der Waals surface area (Å²) in [6.07, 6.45) is 0. The Bertz CT molecular complexity index is 4210. The monoisotopic (exact) mass is 801 g/mol. The zero-order valence-electron chi connectivity index (χ0n) is 33.9. The molecule has 292 valence electrons. The molecule has 0 saturated carbocycles. The van der Waals surface area contributed by atoms with Crippen molar-refractivity contribution in [3.05, 3.63) is 212 Å². The molecule has 0 bridgehead atoms. The first-order valence-electron chi connectivity index (χ1n) is 21.5. The molecule has 4 heterocycles. The van der Waals surface area contributed by atoms with Crippen molar-refractivity contribution in [2.45, 2.75) is 0 Å². The van der Waals surface area contributed by atoms with Crippen LogP contribution in [0.25, 0.3) is 126 Å². The predicted molar refractivity (Wildman–Crippen MR) is 263 cm³/mol. The summed E-state index contributed by atoms with van der Waals surface area (Å²) in [6, 6.07) is 76.5. The highest BCUT2D eigenvalue weighted by Crippen LogP contribution is 2.47. The summed E-state index contributed by atoms with van der Waals surface area (Å²) < 4.78 is 7.30. The van der Waals surface area contributed by atoms with E-state index >= 15 is 0 Å². The molecule has 14 rings (SSSR count). The van der Waals surface area contributed by atoms with E-state index in [-0.39, 0.29) is 0 Å². The first kappa shape index (κ1) is 34.2.